The van der Waals surface area contributed by atoms with Gasteiger partial charge in [0.2, 0.25) is 0 Å². The number of hydrogen-bond donors (Lipinski definition) is 0. The summed E-state index contributed by atoms with van der Waals surface area (Å²) in [6.45, 7) is 5.79. The quantitative estimate of drug-likeness (QED) is 0.421. The van der Waals surface area contributed by atoms with Crippen LogP contribution in [0.4, 0.5) is 0 Å². The van der Waals surface area contributed by atoms with Gasteiger partial charge >= 0.3 is 0 Å². The first kappa shape index (κ1) is 7.52. The summed E-state index contributed by atoms with van der Waals surface area (Å²) in [7, 11) is 2.67. The molecule has 0 aromatic heterocycles. The molecule has 0 amide bonds. The minimum Gasteiger partial charge on any atom is -0.151 e. The lowest BCUT2D eigenvalue weighted by molar-refractivity contribution is 1.26. The number of thioether (sulfide) groups is 1. The second-order valence-electron chi connectivity index (χ2n) is 1.27. The van der Waals surface area contributed by atoms with Crippen molar-refractivity contribution in [3.05, 3.63) is 12.7 Å². The number of rotatable bonds is 3. The summed E-state index contributed by atoms with van der Waals surface area (Å²) < 4.78 is 0. The molecule has 0 aromatic carbocycles. The van der Waals surface area contributed by atoms with Gasteiger partial charge in [0.1, 0.15) is 0 Å². The Balaban J connectivity index is 2.98. The van der Waals surface area contributed by atoms with Gasteiger partial charge in [-0.1, -0.05) is 6.08 Å². The Morgan fingerprint density at radius 3 is 2.71 bits per heavy atom. The van der Waals surface area contributed by atoms with Crippen molar-refractivity contribution in [3.8, 4) is 0 Å². The third-order valence-electron chi connectivity index (χ3n) is 0.691. The van der Waals surface area contributed by atoms with E-state index in [1.165, 1.54) is 0 Å². The van der Waals surface area contributed by atoms with E-state index in [2.05, 4.69) is 22.7 Å². The highest BCUT2D eigenvalue weighted by Crippen LogP contribution is 2.12. The Bertz CT molecular complexity index is 54.0. The van der Waals surface area contributed by atoms with Crippen LogP contribution in [-0.2, 0) is 0 Å². The first-order valence-electron chi connectivity index (χ1n) is 2.25. The molecule has 7 heavy (non-hydrogen) atoms. The van der Waals surface area contributed by atoms with E-state index in [0.29, 0.717) is 5.25 Å². The van der Waals surface area contributed by atoms with Crippen molar-refractivity contribution in [2.45, 2.75) is 12.2 Å². The van der Waals surface area contributed by atoms with Crippen LogP contribution in [0.5, 0.6) is 0 Å². The lowest BCUT2D eigenvalue weighted by Crippen LogP contribution is -1.85. The highest BCUT2D eigenvalue weighted by atomic mass is 32.2. The van der Waals surface area contributed by atoms with Crippen LogP contribution in [0.2, 0.25) is 0 Å². The summed E-state index contributed by atoms with van der Waals surface area (Å²) in [5.74, 6) is 0. The molecule has 42 valence electrons. The summed E-state index contributed by atoms with van der Waals surface area (Å²) >= 11 is 1.88. The first-order valence-corrected chi connectivity index (χ1v) is 4.12. The summed E-state index contributed by atoms with van der Waals surface area (Å²) in [4.78, 5) is 0. The molecule has 0 rings (SSSR count). The lowest BCUT2D eigenvalue weighted by Gasteiger charge is -1.98. The molecule has 2 unspecified atom stereocenters. The highest BCUT2D eigenvalue weighted by molar-refractivity contribution is 8.03. The molecule has 0 fully saturated rings. The molecule has 0 aliphatic rings. The van der Waals surface area contributed by atoms with E-state index >= 15 is 0 Å². The Kier molecular flexibility index (Phi) is 5.02. The van der Waals surface area contributed by atoms with Crippen molar-refractivity contribution in [2.24, 2.45) is 0 Å². The zero-order valence-electron chi connectivity index (χ0n) is 4.55. The van der Waals surface area contributed by atoms with E-state index in [1.807, 2.05) is 17.8 Å². The van der Waals surface area contributed by atoms with Crippen molar-refractivity contribution in [1.29, 1.82) is 0 Å². The van der Waals surface area contributed by atoms with Crippen LogP contribution >= 0.6 is 21.0 Å². The van der Waals surface area contributed by atoms with Gasteiger partial charge in [-0.05, 0) is 6.92 Å². The van der Waals surface area contributed by atoms with Crippen LogP contribution < -0.4 is 0 Å². The van der Waals surface area contributed by atoms with Crippen molar-refractivity contribution in [3.63, 3.8) is 0 Å². The van der Waals surface area contributed by atoms with Crippen molar-refractivity contribution in [2.75, 3.05) is 5.49 Å². The molecular formula is C5H11PS. The third-order valence-corrected chi connectivity index (χ3v) is 2.18. The van der Waals surface area contributed by atoms with Crippen molar-refractivity contribution < 1.29 is 0 Å². The average Bonchev–Trinajstić information content (AvgIpc) is 1.68. The zero-order valence-corrected chi connectivity index (χ0v) is 6.53. The van der Waals surface area contributed by atoms with E-state index in [4.69, 9.17) is 0 Å². The molecule has 0 heterocycles. The van der Waals surface area contributed by atoms with E-state index in [-0.39, 0.29) is 0 Å². The van der Waals surface area contributed by atoms with Crippen LogP contribution in [0.25, 0.3) is 0 Å². The van der Waals surface area contributed by atoms with Crippen LogP contribution in [0, 0.1) is 0 Å². The second kappa shape index (κ2) is 4.67. The maximum absolute atomic E-state index is 3.65. The molecule has 0 nitrogen and oxygen atoms in total. The highest BCUT2D eigenvalue weighted by Gasteiger charge is 1.89. The zero-order chi connectivity index (χ0) is 5.70. The summed E-state index contributed by atoms with van der Waals surface area (Å²) in [6.07, 6.45) is 1.95. The fourth-order valence-electron chi connectivity index (χ4n) is 0.220. The van der Waals surface area contributed by atoms with Gasteiger partial charge in [0.25, 0.3) is 0 Å². The molecule has 0 N–H and O–H groups in total. The fourth-order valence-corrected chi connectivity index (χ4v) is 1.57. The van der Waals surface area contributed by atoms with Gasteiger partial charge in [0.05, 0.1) is 0 Å². The molecule has 2 heteroatoms. The molecule has 0 saturated carbocycles. The molecule has 0 aliphatic heterocycles. The van der Waals surface area contributed by atoms with Crippen LogP contribution in [-0.4, -0.2) is 10.7 Å². The molecule has 0 saturated heterocycles. The Morgan fingerprint density at radius 2 is 2.57 bits per heavy atom. The predicted molar refractivity (Wildman–Crippen MR) is 41.8 cm³/mol. The van der Waals surface area contributed by atoms with Crippen LogP contribution in [0.15, 0.2) is 12.7 Å². The topological polar surface area (TPSA) is 0 Å². The lowest BCUT2D eigenvalue weighted by atomic mass is 10.5. The van der Waals surface area contributed by atoms with Gasteiger partial charge in [0, 0.05) is 10.7 Å². The summed E-state index contributed by atoms with van der Waals surface area (Å²) in [6, 6.07) is 0. The summed E-state index contributed by atoms with van der Waals surface area (Å²) in [5, 5.41) is 0.609. The van der Waals surface area contributed by atoms with Crippen LogP contribution in [0.3, 0.4) is 0 Å². The van der Waals surface area contributed by atoms with E-state index < -0.39 is 0 Å². The maximum Gasteiger partial charge on any atom is 0.0199 e. The Morgan fingerprint density at radius 1 is 2.00 bits per heavy atom. The van der Waals surface area contributed by atoms with Gasteiger partial charge in [-0.3, -0.25) is 0 Å². The standard InChI is InChI=1S/C5H11PS/c1-3-5(2)7-4-6/h3,5H,1,4,6H2,2H3. The molecule has 0 aromatic rings. The molecule has 0 radical (unpaired) electrons. The van der Waals surface area contributed by atoms with E-state index in [1.54, 1.807) is 0 Å². The molecule has 0 bridgehead atoms. The summed E-state index contributed by atoms with van der Waals surface area (Å²) in [5.41, 5.74) is 1.10. The normalized spacial score (nSPS) is 13.4. The van der Waals surface area contributed by atoms with Crippen LogP contribution in [0.1, 0.15) is 6.92 Å². The van der Waals surface area contributed by atoms with Gasteiger partial charge in [-0.25, -0.2) is 0 Å². The monoisotopic (exact) mass is 134 g/mol. The minimum absolute atomic E-state index is 0.609. The fraction of sp³-hybridized carbons (Fsp3) is 0.600. The van der Waals surface area contributed by atoms with E-state index in [0.717, 1.165) is 5.49 Å². The smallest absolute Gasteiger partial charge is 0.0199 e. The first-order chi connectivity index (χ1) is 3.31. The van der Waals surface area contributed by atoms with Crippen molar-refractivity contribution in [1.82, 2.24) is 0 Å². The Labute approximate surface area is 52.0 Å². The van der Waals surface area contributed by atoms with Gasteiger partial charge in [-0.15, -0.1) is 15.8 Å². The largest absolute Gasteiger partial charge is 0.151 e. The second-order valence-corrected chi connectivity index (χ2v) is 3.68. The predicted octanol–water partition coefficient (Wildman–Crippen LogP) is 2.13. The molecular weight excluding hydrogens is 123 g/mol. The molecule has 0 aliphatic carbocycles. The number of hydrogen-bond acceptors (Lipinski definition) is 1. The Hall–Kier alpha value is 0.520. The molecule has 0 spiro atoms. The van der Waals surface area contributed by atoms with E-state index in [9.17, 15) is 0 Å². The van der Waals surface area contributed by atoms with Gasteiger partial charge in [0.15, 0.2) is 0 Å². The van der Waals surface area contributed by atoms with Crippen molar-refractivity contribution >= 4 is 21.0 Å². The average molecular weight is 134 g/mol. The SMILES string of the molecule is C=CC(C)SCP. The third kappa shape index (κ3) is 4.37. The van der Waals surface area contributed by atoms with Gasteiger partial charge < -0.3 is 0 Å². The molecule has 2 atom stereocenters. The minimum atomic E-state index is 0.609. The maximum atomic E-state index is 3.65. The van der Waals surface area contributed by atoms with Gasteiger partial charge in [-0.2, -0.15) is 11.8 Å².